The molecule has 1 aliphatic heterocycles. The highest BCUT2D eigenvalue weighted by molar-refractivity contribution is 5.94. The first-order valence-corrected chi connectivity index (χ1v) is 8.33. The van der Waals surface area contributed by atoms with Crippen molar-refractivity contribution < 1.29 is 14.5 Å². The molecule has 0 radical (unpaired) electrons. The molecule has 0 bridgehead atoms. The molecular weight excluding hydrogens is 320 g/mol. The lowest BCUT2D eigenvalue weighted by Gasteiger charge is -2.32. The highest BCUT2D eigenvalue weighted by Gasteiger charge is 2.25. The van der Waals surface area contributed by atoms with Gasteiger partial charge in [-0.15, -0.1) is 0 Å². The Balaban J connectivity index is 1.58. The lowest BCUT2D eigenvalue weighted by molar-refractivity contribution is -0.385. The van der Waals surface area contributed by atoms with E-state index in [0.29, 0.717) is 18.7 Å². The van der Waals surface area contributed by atoms with Crippen LogP contribution in [0.4, 0.5) is 5.69 Å². The molecule has 130 valence electrons. The van der Waals surface area contributed by atoms with Crippen LogP contribution in [0.15, 0.2) is 54.6 Å². The smallest absolute Gasteiger partial charge is 0.269 e. The predicted octanol–water partition coefficient (Wildman–Crippen LogP) is 3.42. The van der Waals surface area contributed by atoms with Gasteiger partial charge in [-0.1, -0.05) is 30.3 Å². The van der Waals surface area contributed by atoms with E-state index < -0.39 is 4.92 Å². The van der Waals surface area contributed by atoms with Crippen molar-refractivity contribution in [1.29, 1.82) is 0 Å². The molecule has 6 nitrogen and oxygen atoms in total. The Morgan fingerprint density at radius 1 is 1.20 bits per heavy atom. The standard InChI is InChI=1S/C19H20N2O4/c22-19(16-7-2-1-3-8-16)20-11-5-10-18(13-20)25-14-15-6-4-9-17(12-15)21(23)24/h1-4,6-9,12,18H,5,10-11,13-14H2/t18-/m1/s1. The molecule has 0 aromatic heterocycles. The summed E-state index contributed by atoms with van der Waals surface area (Å²) in [6.07, 6.45) is 1.71. The van der Waals surface area contributed by atoms with Gasteiger partial charge in [-0.05, 0) is 30.5 Å². The van der Waals surface area contributed by atoms with Crippen molar-refractivity contribution in [1.82, 2.24) is 4.90 Å². The largest absolute Gasteiger partial charge is 0.372 e. The van der Waals surface area contributed by atoms with E-state index in [1.165, 1.54) is 12.1 Å². The molecule has 2 aromatic carbocycles. The van der Waals surface area contributed by atoms with Crippen LogP contribution in [0.2, 0.25) is 0 Å². The zero-order chi connectivity index (χ0) is 17.6. The highest BCUT2D eigenvalue weighted by atomic mass is 16.6. The zero-order valence-corrected chi connectivity index (χ0v) is 13.8. The van der Waals surface area contributed by atoms with Gasteiger partial charge in [-0.3, -0.25) is 14.9 Å². The SMILES string of the molecule is O=C(c1ccccc1)N1CCC[C@@H](OCc2cccc([N+](=O)[O-])c2)C1. The van der Waals surface area contributed by atoms with E-state index >= 15 is 0 Å². The summed E-state index contributed by atoms with van der Waals surface area (Å²) in [6.45, 7) is 1.58. The molecule has 1 aliphatic rings. The Labute approximate surface area is 146 Å². The van der Waals surface area contributed by atoms with E-state index in [1.54, 1.807) is 6.07 Å². The van der Waals surface area contributed by atoms with Crippen LogP contribution in [-0.4, -0.2) is 34.9 Å². The van der Waals surface area contributed by atoms with Gasteiger partial charge in [0.15, 0.2) is 0 Å². The van der Waals surface area contributed by atoms with E-state index in [0.717, 1.165) is 24.9 Å². The molecule has 0 aliphatic carbocycles. The summed E-state index contributed by atoms with van der Waals surface area (Å²) in [7, 11) is 0. The first-order chi connectivity index (χ1) is 12.1. The number of hydrogen-bond donors (Lipinski definition) is 0. The Bertz CT molecular complexity index is 748. The first kappa shape index (κ1) is 17.1. The number of nitro groups is 1. The molecule has 1 amide bonds. The van der Waals surface area contributed by atoms with Crippen LogP contribution in [0.5, 0.6) is 0 Å². The Morgan fingerprint density at radius 2 is 2.00 bits per heavy atom. The quantitative estimate of drug-likeness (QED) is 0.617. The number of carbonyl (C=O) groups is 1. The summed E-state index contributed by atoms with van der Waals surface area (Å²) in [5, 5.41) is 10.8. The van der Waals surface area contributed by atoms with Crippen molar-refractivity contribution >= 4 is 11.6 Å². The Morgan fingerprint density at radius 3 is 2.76 bits per heavy atom. The van der Waals surface area contributed by atoms with E-state index in [9.17, 15) is 14.9 Å². The van der Waals surface area contributed by atoms with E-state index in [-0.39, 0.29) is 17.7 Å². The fourth-order valence-corrected chi connectivity index (χ4v) is 3.00. The van der Waals surface area contributed by atoms with Crippen LogP contribution < -0.4 is 0 Å². The number of piperidine rings is 1. The molecule has 1 saturated heterocycles. The normalized spacial score (nSPS) is 17.3. The van der Waals surface area contributed by atoms with Crippen LogP contribution in [0.1, 0.15) is 28.8 Å². The molecule has 1 atom stereocenters. The molecule has 6 heteroatoms. The van der Waals surface area contributed by atoms with E-state index in [2.05, 4.69) is 0 Å². The van der Waals surface area contributed by atoms with Gasteiger partial charge in [0.05, 0.1) is 17.6 Å². The van der Waals surface area contributed by atoms with Gasteiger partial charge < -0.3 is 9.64 Å². The number of rotatable bonds is 5. The molecule has 1 heterocycles. The van der Waals surface area contributed by atoms with Gasteiger partial charge in [0, 0.05) is 30.8 Å². The van der Waals surface area contributed by atoms with Gasteiger partial charge >= 0.3 is 0 Å². The average Bonchev–Trinajstić information content (AvgIpc) is 2.67. The minimum atomic E-state index is -0.412. The fraction of sp³-hybridized carbons (Fsp3) is 0.316. The number of nitrogens with zero attached hydrogens (tertiary/aromatic N) is 2. The minimum absolute atomic E-state index is 0.0178. The molecule has 0 N–H and O–H groups in total. The third kappa shape index (κ3) is 4.42. The van der Waals surface area contributed by atoms with Crippen LogP contribution in [-0.2, 0) is 11.3 Å². The third-order valence-corrected chi connectivity index (χ3v) is 4.29. The average molecular weight is 340 g/mol. The van der Waals surface area contributed by atoms with Gasteiger partial charge in [-0.25, -0.2) is 0 Å². The van der Waals surface area contributed by atoms with Crippen molar-refractivity contribution in [3.05, 3.63) is 75.8 Å². The summed E-state index contributed by atoms with van der Waals surface area (Å²) < 4.78 is 5.90. The summed E-state index contributed by atoms with van der Waals surface area (Å²) in [6, 6.07) is 15.7. The maximum atomic E-state index is 12.5. The second-order valence-electron chi connectivity index (χ2n) is 6.12. The zero-order valence-electron chi connectivity index (χ0n) is 13.8. The van der Waals surface area contributed by atoms with Crippen molar-refractivity contribution in [2.75, 3.05) is 13.1 Å². The lowest BCUT2D eigenvalue weighted by Crippen LogP contribution is -2.43. The summed E-state index contributed by atoms with van der Waals surface area (Å²) in [5.41, 5.74) is 1.51. The predicted molar refractivity (Wildman–Crippen MR) is 93.3 cm³/mol. The van der Waals surface area contributed by atoms with Crippen LogP contribution in [0.25, 0.3) is 0 Å². The minimum Gasteiger partial charge on any atom is -0.372 e. The second-order valence-corrected chi connectivity index (χ2v) is 6.12. The number of benzene rings is 2. The highest BCUT2D eigenvalue weighted by Crippen LogP contribution is 2.19. The Kier molecular flexibility index (Phi) is 5.40. The van der Waals surface area contributed by atoms with Crippen LogP contribution in [0, 0.1) is 10.1 Å². The summed E-state index contributed by atoms with van der Waals surface area (Å²) in [4.78, 5) is 24.8. The maximum absolute atomic E-state index is 12.5. The number of carbonyl (C=O) groups excluding carboxylic acids is 1. The molecule has 25 heavy (non-hydrogen) atoms. The molecular formula is C19H20N2O4. The van der Waals surface area contributed by atoms with Crippen LogP contribution >= 0.6 is 0 Å². The molecule has 1 fully saturated rings. The van der Waals surface area contributed by atoms with E-state index in [1.807, 2.05) is 41.3 Å². The number of nitro benzene ring substituents is 1. The van der Waals surface area contributed by atoms with Crippen molar-refractivity contribution in [2.24, 2.45) is 0 Å². The number of non-ortho nitro benzene ring substituents is 1. The molecule has 0 unspecified atom stereocenters. The van der Waals surface area contributed by atoms with Gasteiger partial charge in [0.2, 0.25) is 0 Å². The van der Waals surface area contributed by atoms with E-state index in [4.69, 9.17) is 4.74 Å². The summed E-state index contributed by atoms with van der Waals surface area (Å²) >= 11 is 0. The first-order valence-electron chi connectivity index (χ1n) is 8.33. The molecule has 3 rings (SSSR count). The van der Waals surface area contributed by atoms with Crippen molar-refractivity contribution in [2.45, 2.75) is 25.6 Å². The lowest BCUT2D eigenvalue weighted by atomic mass is 10.1. The maximum Gasteiger partial charge on any atom is 0.269 e. The molecule has 0 spiro atoms. The second kappa shape index (κ2) is 7.90. The van der Waals surface area contributed by atoms with Crippen molar-refractivity contribution in [3.8, 4) is 0 Å². The number of amides is 1. The fourth-order valence-electron chi connectivity index (χ4n) is 3.00. The van der Waals surface area contributed by atoms with Crippen molar-refractivity contribution in [3.63, 3.8) is 0 Å². The third-order valence-electron chi connectivity index (χ3n) is 4.29. The van der Waals surface area contributed by atoms with Gasteiger partial charge in [0.1, 0.15) is 0 Å². The number of likely N-dealkylation sites (tertiary alicyclic amines) is 1. The topological polar surface area (TPSA) is 72.7 Å². The van der Waals surface area contributed by atoms with Gasteiger partial charge in [0.25, 0.3) is 11.6 Å². The van der Waals surface area contributed by atoms with Gasteiger partial charge in [-0.2, -0.15) is 0 Å². The molecule has 0 saturated carbocycles. The number of ether oxygens (including phenoxy) is 1. The monoisotopic (exact) mass is 340 g/mol. The summed E-state index contributed by atoms with van der Waals surface area (Å²) in [5.74, 6) is 0.0178. The van der Waals surface area contributed by atoms with Crippen LogP contribution in [0.3, 0.4) is 0 Å². The Hall–Kier alpha value is -2.73. The molecule has 2 aromatic rings. The number of hydrogen-bond acceptors (Lipinski definition) is 4.